The molecule has 1 aromatic carbocycles. The van der Waals surface area contributed by atoms with E-state index in [0.717, 1.165) is 18.4 Å². The molecule has 3 rings (SSSR count). The Bertz CT molecular complexity index is 667. The van der Waals surface area contributed by atoms with E-state index in [1.165, 1.54) is 23.1 Å². The van der Waals surface area contributed by atoms with Crippen molar-refractivity contribution in [2.24, 2.45) is 5.41 Å². The zero-order valence-electron chi connectivity index (χ0n) is 12.4. The summed E-state index contributed by atoms with van der Waals surface area (Å²) in [5.41, 5.74) is 4.80. The van der Waals surface area contributed by atoms with Gasteiger partial charge in [-0.1, -0.05) is 19.9 Å². The molecule has 0 radical (unpaired) electrons. The Kier molecular flexibility index (Phi) is 3.08. The standard InChI is InChI=1S/C17H21NO2/c1-4-20-16(19)11-5-6-12-13-10-17(2,3)8-7-14(13)18-15(12)9-11/h5-6,9,18H,4,7-8,10H2,1-3H3. The predicted molar refractivity (Wildman–Crippen MR) is 80.1 cm³/mol. The molecular formula is C17H21NO2. The highest BCUT2D eigenvalue weighted by atomic mass is 16.5. The predicted octanol–water partition coefficient (Wildman–Crippen LogP) is 3.86. The van der Waals surface area contributed by atoms with E-state index < -0.39 is 0 Å². The van der Waals surface area contributed by atoms with Gasteiger partial charge >= 0.3 is 5.97 Å². The number of fused-ring (bicyclic) bond motifs is 3. The molecule has 3 nitrogen and oxygen atoms in total. The first-order valence-corrected chi connectivity index (χ1v) is 7.31. The second-order valence-corrected chi connectivity index (χ2v) is 6.40. The average Bonchev–Trinajstić information content (AvgIpc) is 2.75. The summed E-state index contributed by atoms with van der Waals surface area (Å²) >= 11 is 0. The molecule has 1 heterocycles. The van der Waals surface area contributed by atoms with Gasteiger partial charge in [0.25, 0.3) is 0 Å². The summed E-state index contributed by atoms with van der Waals surface area (Å²) < 4.78 is 5.06. The summed E-state index contributed by atoms with van der Waals surface area (Å²) in [5.74, 6) is -0.248. The Balaban J connectivity index is 2.04. The zero-order valence-corrected chi connectivity index (χ0v) is 12.4. The maximum absolute atomic E-state index is 11.8. The Morgan fingerprint density at radius 1 is 1.40 bits per heavy atom. The molecule has 2 aromatic rings. The lowest BCUT2D eigenvalue weighted by atomic mass is 9.76. The van der Waals surface area contributed by atoms with Gasteiger partial charge in [0.05, 0.1) is 12.2 Å². The highest BCUT2D eigenvalue weighted by Gasteiger charge is 2.28. The first-order valence-electron chi connectivity index (χ1n) is 7.31. The third-order valence-corrected chi connectivity index (χ3v) is 4.21. The molecule has 0 atom stereocenters. The van der Waals surface area contributed by atoms with Crippen LogP contribution in [-0.2, 0) is 17.6 Å². The molecule has 0 amide bonds. The summed E-state index contributed by atoms with van der Waals surface area (Å²) in [6.07, 6.45) is 3.39. The highest BCUT2D eigenvalue weighted by molar-refractivity contribution is 5.95. The molecule has 0 unspecified atom stereocenters. The van der Waals surface area contributed by atoms with Crippen molar-refractivity contribution >= 4 is 16.9 Å². The molecule has 0 fully saturated rings. The van der Waals surface area contributed by atoms with Gasteiger partial charge in [-0.05, 0) is 49.3 Å². The number of nitrogens with one attached hydrogen (secondary N) is 1. The summed E-state index contributed by atoms with van der Waals surface area (Å²) in [5, 5.41) is 1.25. The van der Waals surface area contributed by atoms with Gasteiger partial charge in [0.1, 0.15) is 0 Å². The van der Waals surface area contributed by atoms with Crippen LogP contribution >= 0.6 is 0 Å². The monoisotopic (exact) mass is 271 g/mol. The highest BCUT2D eigenvalue weighted by Crippen LogP contribution is 2.38. The quantitative estimate of drug-likeness (QED) is 0.843. The average molecular weight is 271 g/mol. The van der Waals surface area contributed by atoms with E-state index in [9.17, 15) is 4.79 Å². The number of aromatic nitrogens is 1. The summed E-state index contributed by atoms with van der Waals surface area (Å²) in [6, 6.07) is 5.84. The third-order valence-electron chi connectivity index (χ3n) is 4.21. The maximum atomic E-state index is 11.8. The summed E-state index contributed by atoms with van der Waals surface area (Å²) in [7, 11) is 0. The van der Waals surface area contributed by atoms with Crippen molar-refractivity contribution in [2.45, 2.75) is 40.0 Å². The van der Waals surface area contributed by atoms with Crippen LogP contribution in [0.1, 0.15) is 48.8 Å². The van der Waals surface area contributed by atoms with Crippen LogP contribution in [0.2, 0.25) is 0 Å². The van der Waals surface area contributed by atoms with Gasteiger partial charge in [0, 0.05) is 16.6 Å². The fraction of sp³-hybridized carbons (Fsp3) is 0.471. The number of benzene rings is 1. The van der Waals surface area contributed by atoms with Crippen molar-refractivity contribution in [3.05, 3.63) is 35.0 Å². The number of ether oxygens (including phenoxy) is 1. The van der Waals surface area contributed by atoms with E-state index in [1.807, 2.05) is 19.1 Å². The largest absolute Gasteiger partial charge is 0.462 e. The lowest BCUT2D eigenvalue weighted by Gasteiger charge is -2.29. The zero-order chi connectivity index (χ0) is 14.3. The molecule has 1 N–H and O–H groups in total. The third kappa shape index (κ3) is 2.21. The molecule has 0 saturated carbocycles. The summed E-state index contributed by atoms with van der Waals surface area (Å²) in [6.45, 7) is 6.88. The molecule has 106 valence electrons. The number of carbonyl (C=O) groups excluding carboxylic acids is 1. The van der Waals surface area contributed by atoms with E-state index in [2.05, 4.69) is 24.9 Å². The lowest BCUT2D eigenvalue weighted by molar-refractivity contribution is 0.0526. The van der Waals surface area contributed by atoms with Crippen molar-refractivity contribution in [2.75, 3.05) is 6.61 Å². The number of aryl methyl sites for hydroxylation is 1. The number of hydrogen-bond acceptors (Lipinski definition) is 2. The lowest BCUT2D eigenvalue weighted by Crippen LogP contribution is -2.21. The molecule has 20 heavy (non-hydrogen) atoms. The van der Waals surface area contributed by atoms with Crippen LogP contribution < -0.4 is 0 Å². The maximum Gasteiger partial charge on any atom is 0.338 e. The number of esters is 1. The normalized spacial score (nSPS) is 16.9. The molecular weight excluding hydrogens is 250 g/mol. The summed E-state index contributed by atoms with van der Waals surface area (Å²) in [4.78, 5) is 15.3. The fourth-order valence-corrected chi connectivity index (χ4v) is 3.10. The van der Waals surface area contributed by atoms with Gasteiger partial charge < -0.3 is 9.72 Å². The smallest absolute Gasteiger partial charge is 0.338 e. The van der Waals surface area contributed by atoms with Gasteiger partial charge in [0.15, 0.2) is 0 Å². The molecule has 0 bridgehead atoms. The molecule has 0 aliphatic heterocycles. The van der Waals surface area contributed by atoms with Crippen LogP contribution in [0.3, 0.4) is 0 Å². The van der Waals surface area contributed by atoms with Crippen LogP contribution in [-0.4, -0.2) is 17.6 Å². The molecule has 0 spiro atoms. The van der Waals surface area contributed by atoms with E-state index in [-0.39, 0.29) is 5.97 Å². The minimum Gasteiger partial charge on any atom is -0.462 e. The van der Waals surface area contributed by atoms with Crippen LogP contribution in [0.5, 0.6) is 0 Å². The second kappa shape index (κ2) is 4.65. The van der Waals surface area contributed by atoms with E-state index >= 15 is 0 Å². The van der Waals surface area contributed by atoms with Crippen molar-refractivity contribution in [1.29, 1.82) is 0 Å². The van der Waals surface area contributed by atoms with Crippen LogP contribution in [0, 0.1) is 5.41 Å². The Morgan fingerprint density at radius 3 is 2.95 bits per heavy atom. The van der Waals surface area contributed by atoms with Crippen LogP contribution in [0.25, 0.3) is 10.9 Å². The fourth-order valence-electron chi connectivity index (χ4n) is 3.10. The first kappa shape index (κ1) is 13.2. The first-order chi connectivity index (χ1) is 9.50. The van der Waals surface area contributed by atoms with Gasteiger partial charge in [0.2, 0.25) is 0 Å². The number of aromatic amines is 1. The van der Waals surface area contributed by atoms with Crippen LogP contribution in [0.15, 0.2) is 18.2 Å². The van der Waals surface area contributed by atoms with Gasteiger partial charge in [-0.25, -0.2) is 4.79 Å². The van der Waals surface area contributed by atoms with Crippen molar-refractivity contribution in [3.8, 4) is 0 Å². The van der Waals surface area contributed by atoms with Crippen LogP contribution in [0.4, 0.5) is 0 Å². The van der Waals surface area contributed by atoms with Crippen molar-refractivity contribution < 1.29 is 9.53 Å². The molecule has 0 saturated heterocycles. The Hall–Kier alpha value is -1.77. The minimum atomic E-state index is -0.248. The van der Waals surface area contributed by atoms with E-state index in [4.69, 9.17) is 4.74 Å². The molecule has 1 aliphatic carbocycles. The van der Waals surface area contributed by atoms with Gasteiger partial charge in [-0.2, -0.15) is 0 Å². The number of carbonyl (C=O) groups is 1. The van der Waals surface area contributed by atoms with Gasteiger partial charge in [-0.15, -0.1) is 0 Å². The van der Waals surface area contributed by atoms with E-state index in [0.29, 0.717) is 17.6 Å². The van der Waals surface area contributed by atoms with Crippen molar-refractivity contribution in [3.63, 3.8) is 0 Å². The molecule has 1 aromatic heterocycles. The Morgan fingerprint density at radius 2 is 2.20 bits per heavy atom. The van der Waals surface area contributed by atoms with E-state index in [1.54, 1.807) is 0 Å². The molecule has 3 heteroatoms. The SMILES string of the molecule is CCOC(=O)c1ccc2c3c([nH]c2c1)CCC(C)(C)C3. The number of hydrogen-bond donors (Lipinski definition) is 1. The number of rotatable bonds is 2. The number of H-pyrrole nitrogens is 1. The topological polar surface area (TPSA) is 42.1 Å². The van der Waals surface area contributed by atoms with Gasteiger partial charge in [-0.3, -0.25) is 0 Å². The molecule has 1 aliphatic rings. The minimum absolute atomic E-state index is 0.248. The second-order valence-electron chi connectivity index (χ2n) is 6.40. The Labute approximate surface area is 119 Å². The van der Waals surface area contributed by atoms with Crippen molar-refractivity contribution in [1.82, 2.24) is 4.98 Å².